The summed E-state index contributed by atoms with van der Waals surface area (Å²) < 4.78 is 12.1. The van der Waals surface area contributed by atoms with E-state index in [4.69, 9.17) is 9.47 Å². The van der Waals surface area contributed by atoms with Crippen LogP contribution in [0.15, 0.2) is 190 Å². The average molecular weight is 1030 g/mol. The molecule has 0 fully saturated rings. The molecule has 2 atom stereocenters. The number of likely N-dealkylation sites (N-methyl/N-ethyl adjacent to an activating group) is 2. The van der Waals surface area contributed by atoms with Gasteiger partial charge in [-0.1, -0.05) is 72.8 Å². The minimum Gasteiger partial charge on any atom is -0.619 e. The van der Waals surface area contributed by atoms with Gasteiger partial charge in [0.05, 0.1) is 26.6 Å². The maximum absolute atomic E-state index is 11.8. The van der Waals surface area contributed by atoms with Gasteiger partial charge in [-0.15, -0.1) is 10.2 Å². The molecule has 16 heteroatoms. The molecule has 2 unspecified atom stereocenters. The van der Waals surface area contributed by atoms with Crippen molar-refractivity contribution in [2.75, 3.05) is 37.1 Å². The van der Waals surface area contributed by atoms with Gasteiger partial charge in [0.2, 0.25) is 5.90 Å². The van der Waals surface area contributed by atoms with Crippen LogP contribution in [0.5, 0.6) is 11.5 Å². The van der Waals surface area contributed by atoms with Gasteiger partial charge >= 0.3 is 5.90 Å². The summed E-state index contributed by atoms with van der Waals surface area (Å²) in [7, 11) is 3.34. The molecule has 0 saturated heterocycles. The maximum Gasteiger partial charge on any atom is 0.305 e. The van der Waals surface area contributed by atoms with Gasteiger partial charge in [-0.2, -0.15) is 19.7 Å². The van der Waals surface area contributed by atoms with Crippen molar-refractivity contribution < 1.29 is 62.7 Å². The zero-order valence-corrected chi connectivity index (χ0v) is 41.8. The second kappa shape index (κ2) is 24.3. The molecule has 2 aliphatic rings. The first-order chi connectivity index (χ1) is 32.9. The van der Waals surface area contributed by atoms with Gasteiger partial charge in [0.1, 0.15) is 17.1 Å². The van der Waals surface area contributed by atoms with Gasteiger partial charge in [-0.25, -0.2) is 0 Å². The third kappa shape index (κ3) is 11.8. The van der Waals surface area contributed by atoms with Gasteiger partial charge < -0.3 is 39.9 Å². The van der Waals surface area contributed by atoms with Crippen LogP contribution in [0, 0.1) is 10.4 Å². The van der Waals surface area contributed by atoms with E-state index in [9.17, 15) is 20.6 Å². The Kier molecular flexibility index (Phi) is 18.7. The average Bonchev–Trinajstić information content (AvgIpc) is 3.73. The Balaban J connectivity index is 0.000000254. The summed E-state index contributed by atoms with van der Waals surface area (Å²) in [5.74, 6) is 0.849. The number of pyridine rings is 2. The summed E-state index contributed by atoms with van der Waals surface area (Å²) in [6.45, 7) is 10.2. The van der Waals surface area contributed by atoms with Crippen molar-refractivity contribution in [1.82, 2.24) is 0 Å². The van der Waals surface area contributed by atoms with E-state index in [-0.39, 0.29) is 56.0 Å². The first-order valence-electron chi connectivity index (χ1n) is 22.3. The molecule has 6 aromatic rings. The Morgan fingerprint density at radius 3 is 1.53 bits per heavy atom. The van der Waals surface area contributed by atoms with Crippen molar-refractivity contribution in [3.63, 3.8) is 0 Å². The quantitative estimate of drug-likeness (QED) is 0.0358. The van der Waals surface area contributed by atoms with E-state index in [1.807, 2.05) is 48.6 Å². The molecule has 70 heavy (non-hydrogen) atoms. The molecule has 4 aromatic carbocycles. The number of hydrogen-bond donors (Lipinski definition) is 2. The molecule has 2 aromatic heterocycles. The predicted octanol–water partition coefficient (Wildman–Crippen LogP) is 9.08. The van der Waals surface area contributed by atoms with Crippen LogP contribution in [-0.4, -0.2) is 61.7 Å². The summed E-state index contributed by atoms with van der Waals surface area (Å²) >= 11 is 0. The number of aliphatic hydroxyl groups excluding tert-OH is 2. The van der Waals surface area contributed by atoms with Crippen LogP contribution in [0.3, 0.4) is 0 Å². The summed E-state index contributed by atoms with van der Waals surface area (Å²) in [4.78, 5) is 4.51. The third-order valence-corrected chi connectivity index (χ3v) is 12.3. The fourth-order valence-corrected chi connectivity index (χ4v) is 9.08. The number of rotatable bonds is 14. The van der Waals surface area contributed by atoms with Crippen LogP contribution in [0.2, 0.25) is 0 Å². The molecule has 8 rings (SSSR count). The molecule has 0 amide bonds. The molecule has 366 valence electrons. The van der Waals surface area contributed by atoms with E-state index >= 15 is 0 Å². The zero-order valence-electron chi connectivity index (χ0n) is 39.8. The summed E-state index contributed by atoms with van der Waals surface area (Å²) in [5, 5.41) is 59.3. The summed E-state index contributed by atoms with van der Waals surface area (Å²) in [5.41, 5.74) is 8.97. The Labute approximate surface area is 429 Å². The van der Waals surface area contributed by atoms with E-state index in [1.54, 1.807) is 44.8 Å². The number of fused-ring (bicyclic) bond motifs is 2. The van der Waals surface area contributed by atoms with Crippen LogP contribution in [0.1, 0.15) is 61.2 Å². The van der Waals surface area contributed by atoms with Crippen LogP contribution in [0.4, 0.5) is 11.4 Å². The smallest absolute Gasteiger partial charge is 0.305 e. The van der Waals surface area contributed by atoms with Crippen LogP contribution in [0.25, 0.3) is 0 Å². The monoisotopic (exact) mass is 1030 g/mol. The Morgan fingerprint density at radius 1 is 0.614 bits per heavy atom. The minimum atomic E-state index is -0.441. The molecule has 2 radical (unpaired) electrons. The van der Waals surface area contributed by atoms with E-state index in [1.165, 1.54) is 53.0 Å². The second-order valence-corrected chi connectivity index (χ2v) is 16.6. The van der Waals surface area contributed by atoms with Gasteiger partial charge in [0, 0.05) is 111 Å². The van der Waals surface area contributed by atoms with E-state index in [2.05, 4.69) is 119 Å². The van der Waals surface area contributed by atoms with Crippen LogP contribution < -0.4 is 28.7 Å². The maximum atomic E-state index is 11.8. The number of ether oxygens (including phenoxy) is 2. The number of hydrogen-bond acceptors (Lipinski definition) is 10. The van der Waals surface area contributed by atoms with Crippen molar-refractivity contribution in [2.45, 2.75) is 51.4 Å². The Morgan fingerprint density at radius 2 is 1.09 bits per heavy atom. The number of nitrogens with zero attached hydrogens (tertiary/aromatic N) is 8. The second-order valence-electron chi connectivity index (χ2n) is 16.6. The molecular formula is C54H56Co2N8O6. The van der Waals surface area contributed by atoms with Gasteiger partial charge in [0.15, 0.2) is 18.6 Å². The largest absolute Gasteiger partial charge is 0.619 e. The van der Waals surface area contributed by atoms with E-state index in [0.29, 0.717) is 15.0 Å². The number of anilines is 2. The SMILES string of the molecule is CCN1/C(=C\C=N\N=C(O)c2ccc[n+]([O-])c2)C(C)(Cc2ccccc2)c2ccc(OC)cc21.CCN1/C(=C\C=N\N=C(O)c2cccc[n+]2[O-])C(C)(Cc2ccccc2)c2ccc(OC)cc21.[Co].[Co]. The number of allylic oxidation sites excluding steroid dienone is 4. The molecule has 0 spiro atoms. The van der Waals surface area contributed by atoms with Crippen molar-refractivity contribution in [3.05, 3.63) is 213 Å². The Bertz CT molecular complexity index is 2910. The third-order valence-electron chi connectivity index (χ3n) is 12.3. The summed E-state index contributed by atoms with van der Waals surface area (Å²) in [6.07, 6.45) is 12.5. The Hall–Kier alpha value is -7.25. The van der Waals surface area contributed by atoms with E-state index in [0.717, 1.165) is 60.2 Å². The van der Waals surface area contributed by atoms with Gasteiger partial charge in [-0.3, -0.25) is 0 Å². The number of aliphatic hydroxyl groups is 2. The molecule has 4 heterocycles. The molecule has 0 bridgehead atoms. The summed E-state index contributed by atoms with van der Waals surface area (Å²) in [6, 6.07) is 41.0. The fraction of sp³-hybridized carbons (Fsp3) is 0.222. The number of aromatic nitrogens is 2. The minimum absolute atomic E-state index is 0. The van der Waals surface area contributed by atoms with Crippen molar-refractivity contribution in [2.24, 2.45) is 20.4 Å². The van der Waals surface area contributed by atoms with Crippen molar-refractivity contribution in [3.8, 4) is 11.5 Å². The normalized spacial score (nSPS) is 18.5. The molecule has 14 nitrogen and oxygen atoms in total. The van der Waals surface area contributed by atoms with E-state index < -0.39 is 5.90 Å². The molecule has 2 N–H and O–H groups in total. The number of benzene rings is 4. The standard InChI is InChI=1S/2C27H28N4O3.2Co/c1-4-30-24-18-21(34-3)13-14-22(24)27(2,19-20-10-6-5-7-11-20)25(30)15-16-28-29-26(32)23-12-8-9-17-31(23)33;1-4-31-24-17-22(34-3)12-13-23(24)27(2,18-20-9-6-5-7-10-20)25(31)14-15-28-29-26(32)21-11-8-16-30(33)19-21;;/h5-18H,4,19H2,1-3H3,(H,29,32);5-17,19H,4,18H2,1-3H3,(H,29,32);;/b25-15-,28-16+;25-14-,28-15+;;. The first-order valence-corrected chi connectivity index (χ1v) is 22.3. The van der Waals surface area contributed by atoms with Crippen LogP contribution >= 0.6 is 0 Å². The van der Waals surface area contributed by atoms with Crippen molar-refractivity contribution in [1.29, 1.82) is 0 Å². The first kappa shape index (κ1) is 53.7. The molecule has 0 aliphatic carbocycles. The fourth-order valence-electron chi connectivity index (χ4n) is 9.08. The number of methoxy groups -OCH3 is 2. The van der Waals surface area contributed by atoms with Crippen LogP contribution in [-0.2, 0) is 57.2 Å². The predicted molar refractivity (Wildman–Crippen MR) is 269 cm³/mol. The molecule has 2 aliphatic heterocycles. The zero-order chi connectivity index (χ0) is 48.3. The van der Waals surface area contributed by atoms with Gasteiger partial charge in [-0.05, 0) is 99.2 Å². The topological polar surface area (TPSA) is 169 Å². The molecular weight excluding hydrogens is 975 g/mol. The van der Waals surface area contributed by atoms with Crippen molar-refractivity contribution >= 4 is 35.6 Å². The molecule has 0 saturated carbocycles. The van der Waals surface area contributed by atoms with Gasteiger partial charge in [0.25, 0.3) is 5.69 Å².